The van der Waals surface area contributed by atoms with Gasteiger partial charge in [-0.15, -0.1) is 0 Å². The van der Waals surface area contributed by atoms with E-state index in [1.54, 1.807) is 0 Å². The molecule has 310 valence electrons. The molecule has 0 saturated heterocycles. The first-order valence-corrected chi connectivity index (χ1v) is 24.0. The van der Waals surface area contributed by atoms with E-state index in [0.717, 1.165) is 58.4 Å². The van der Waals surface area contributed by atoms with Crippen LogP contribution in [0.2, 0.25) is 0 Å². The number of hydrogen-bond donors (Lipinski definition) is 2. The van der Waals surface area contributed by atoms with Gasteiger partial charge in [0.1, 0.15) is 6.54 Å². The lowest BCUT2D eigenvalue weighted by Crippen LogP contribution is -2.28. The predicted molar refractivity (Wildman–Crippen MR) is 246 cm³/mol. The van der Waals surface area contributed by atoms with Crippen LogP contribution in [0.15, 0.2) is 144 Å². The van der Waals surface area contributed by atoms with Crippen LogP contribution in [0, 0.1) is 0 Å². The molecule has 0 saturated carbocycles. The number of allylic oxidation sites excluding steroid dienone is 8. The minimum Gasteiger partial charge on any atom is -0.344 e. The molecule has 0 spiro atoms. The fourth-order valence-corrected chi connectivity index (χ4v) is 10.9. The lowest BCUT2D eigenvalue weighted by Gasteiger charge is -2.28. The summed E-state index contributed by atoms with van der Waals surface area (Å²) in [6, 6.07) is 35.8. The Morgan fingerprint density at radius 3 is 1.97 bits per heavy atom. The van der Waals surface area contributed by atoms with E-state index in [-0.39, 0.29) is 24.3 Å². The smallest absolute Gasteiger partial charge is 0.265 e. The highest BCUT2D eigenvalue weighted by Crippen LogP contribution is 2.51. The lowest BCUT2D eigenvalue weighted by atomic mass is 9.78. The van der Waals surface area contributed by atoms with Crippen molar-refractivity contribution in [1.29, 1.82) is 0 Å². The molecule has 0 unspecified atom stereocenters. The first-order chi connectivity index (χ1) is 28.5. The second kappa shape index (κ2) is 16.0. The third-order valence-corrected chi connectivity index (χ3v) is 14.2. The second-order valence-electron chi connectivity index (χ2n) is 17.3. The standard InChI is InChI=1S/C50H52N2O6S2/c1-49(2)44(51(31-13-33-59(53,54)55)42-27-23-35-15-8-10-21-40(35)47(42)49)29-25-38-19-12-20-39(46(38)37-17-6-5-7-18-37)26-30-45-50(3,4)48-41-22-11-9-16-36(41)24-28-43(48)52(45)32-14-34-60(56,57)58/h5-11,15-18,21-30H,12-14,19-20,31-34H2,1-4H3,(H-,53,54,55,56,57,58)/p+1. The summed E-state index contributed by atoms with van der Waals surface area (Å²) in [7, 11) is -8.23. The van der Waals surface area contributed by atoms with Gasteiger partial charge in [-0.2, -0.15) is 21.4 Å². The summed E-state index contributed by atoms with van der Waals surface area (Å²) in [5.74, 6) is -0.625. The van der Waals surface area contributed by atoms with Crippen LogP contribution in [0.25, 0.3) is 27.1 Å². The van der Waals surface area contributed by atoms with Crippen LogP contribution >= 0.6 is 0 Å². The molecule has 0 bridgehead atoms. The third kappa shape index (κ3) is 8.06. The monoisotopic (exact) mass is 841 g/mol. The van der Waals surface area contributed by atoms with Gasteiger partial charge in [0.25, 0.3) is 20.2 Å². The van der Waals surface area contributed by atoms with Crippen LogP contribution in [-0.4, -0.2) is 60.8 Å². The van der Waals surface area contributed by atoms with Crippen molar-refractivity contribution in [3.8, 4) is 0 Å². The van der Waals surface area contributed by atoms with Gasteiger partial charge in [-0.25, -0.2) is 0 Å². The van der Waals surface area contributed by atoms with Crippen LogP contribution in [0.1, 0.15) is 76.5 Å². The Hall–Kier alpha value is -5.13. The Kier molecular flexibility index (Phi) is 11.1. The zero-order valence-corrected chi connectivity index (χ0v) is 36.4. The maximum atomic E-state index is 11.8. The first kappa shape index (κ1) is 41.6. The molecule has 5 aromatic rings. The molecule has 2 heterocycles. The summed E-state index contributed by atoms with van der Waals surface area (Å²) < 4.78 is 68.8. The number of fused-ring (bicyclic) bond motifs is 6. The summed E-state index contributed by atoms with van der Waals surface area (Å²) in [6.07, 6.45) is 12.2. The van der Waals surface area contributed by atoms with Gasteiger partial charge in [-0.3, -0.25) is 9.11 Å². The fraction of sp³-hybridized carbons (Fsp3) is 0.300. The highest BCUT2D eigenvalue weighted by atomic mass is 32.2. The number of anilines is 1. The molecule has 2 N–H and O–H groups in total. The van der Waals surface area contributed by atoms with E-state index in [4.69, 9.17) is 0 Å². The van der Waals surface area contributed by atoms with Crippen LogP contribution in [0.4, 0.5) is 11.4 Å². The lowest BCUT2D eigenvalue weighted by molar-refractivity contribution is -0.437. The molecule has 8 rings (SSSR count). The molecule has 0 fully saturated rings. The van der Waals surface area contributed by atoms with Crippen molar-refractivity contribution in [2.24, 2.45) is 0 Å². The molecule has 1 aliphatic carbocycles. The van der Waals surface area contributed by atoms with Gasteiger partial charge in [0, 0.05) is 47.5 Å². The van der Waals surface area contributed by atoms with Crippen molar-refractivity contribution in [3.63, 3.8) is 0 Å². The summed E-state index contributed by atoms with van der Waals surface area (Å²) >= 11 is 0. The second-order valence-corrected chi connectivity index (χ2v) is 20.4. The Bertz CT molecular complexity index is 2900. The van der Waals surface area contributed by atoms with Crippen LogP contribution in [0.3, 0.4) is 0 Å². The minimum atomic E-state index is -4.12. The van der Waals surface area contributed by atoms with Crippen LogP contribution in [0.5, 0.6) is 0 Å². The topological polar surface area (TPSA) is 115 Å². The molecule has 0 radical (unpaired) electrons. The molecule has 5 aromatic carbocycles. The molecular formula is C50H53N2O6S2+. The zero-order chi connectivity index (χ0) is 42.5. The highest BCUT2D eigenvalue weighted by Gasteiger charge is 2.46. The van der Waals surface area contributed by atoms with Gasteiger partial charge < -0.3 is 4.90 Å². The van der Waals surface area contributed by atoms with Gasteiger partial charge >= 0.3 is 0 Å². The molecule has 0 atom stereocenters. The van der Waals surface area contributed by atoms with Crippen LogP contribution in [-0.2, 0) is 31.1 Å². The molecule has 3 aliphatic rings. The van der Waals surface area contributed by atoms with Gasteiger partial charge in [0.2, 0.25) is 5.69 Å². The quantitative estimate of drug-likeness (QED) is 0.0949. The zero-order valence-electron chi connectivity index (χ0n) is 34.7. The number of rotatable bonds is 12. The molecule has 60 heavy (non-hydrogen) atoms. The average Bonchev–Trinajstić information content (AvgIpc) is 3.56. The van der Waals surface area contributed by atoms with Gasteiger partial charge in [-0.05, 0) is 107 Å². The Balaban J connectivity index is 1.24. The van der Waals surface area contributed by atoms with Crippen molar-refractivity contribution >= 4 is 64.4 Å². The van der Waals surface area contributed by atoms with E-state index >= 15 is 0 Å². The van der Waals surface area contributed by atoms with E-state index in [1.807, 2.05) is 18.2 Å². The summed E-state index contributed by atoms with van der Waals surface area (Å²) in [6.45, 7) is 9.81. The summed E-state index contributed by atoms with van der Waals surface area (Å²) in [5.41, 5.74) is 10.6. The maximum Gasteiger partial charge on any atom is 0.265 e. The van der Waals surface area contributed by atoms with E-state index in [2.05, 4.69) is 146 Å². The fourth-order valence-electron chi connectivity index (χ4n) is 9.96. The van der Waals surface area contributed by atoms with Gasteiger partial charge in [0.05, 0.1) is 16.9 Å². The Morgan fingerprint density at radius 1 is 0.667 bits per heavy atom. The van der Waals surface area contributed by atoms with Crippen LogP contribution < -0.4 is 4.90 Å². The van der Waals surface area contributed by atoms with Gasteiger partial charge in [0.15, 0.2) is 5.71 Å². The molecule has 2 aliphatic heterocycles. The number of hydrogen-bond acceptors (Lipinski definition) is 5. The number of benzene rings is 5. The van der Waals surface area contributed by atoms with Crippen molar-refractivity contribution in [1.82, 2.24) is 0 Å². The van der Waals surface area contributed by atoms with Crippen molar-refractivity contribution in [2.45, 2.75) is 70.6 Å². The normalized spacial score (nSPS) is 19.1. The van der Waals surface area contributed by atoms with E-state index in [9.17, 15) is 25.9 Å². The minimum absolute atomic E-state index is 0.279. The molecular weight excluding hydrogens is 789 g/mol. The average molecular weight is 842 g/mol. The molecule has 0 amide bonds. The summed E-state index contributed by atoms with van der Waals surface area (Å²) in [5, 5.41) is 4.63. The highest BCUT2D eigenvalue weighted by molar-refractivity contribution is 7.86. The van der Waals surface area contributed by atoms with Crippen molar-refractivity contribution < 1.29 is 30.5 Å². The third-order valence-electron chi connectivity index (χ3n) is 12.6. The van der Waals surface area contributed by atoms with Crippen molar-refractivity contribution in [3.05, 3.63) is 161 Å². The van der Waals surface area contributed by atoms with E-state index in [0.29, 0.717) is 13.1 Å². The summed E-state index contributed by atoms with van der Waals surface area (Å²) in [4.78, 5) is 2.23. The molecule has 8 nitrogen and oxygen atoms in total. The van der Waals surface area contributed by atoms with Gasteiger partial charge in [-0.1, -0.05) is 111 Å². The Morgan fingerprint density at radius 2 is 1.28 bits per heavy atom. The van der Waals surface area contributed by atoms with E-state index in [1.165, 1.54) is 38.6 Å². The maximum absolute atomic E-state index is 11.8. The number of nitrogens with zero attached hydrogens (tertiary/aromatic N) is 2. The molecule has 10 heteroatoms. The Labute approximate surface area is 354 Å². The van der Waals surface area contributed by atoms with E-state index < -0.39 is 31.1 Å². The van der Waals surface area contributed by atoms with Crippen molar-refractivity contribution in [2.75, 3.05) is 29.5 Å². The molecule has 0 aromatic heterocycles. The largest absolute Gasteiger partial charge is 0.344 e. The SMILES string of the molecule is CC1(C)C(/C=C/C2=C(c3ccccc3)C(=C/C=C3/N(CCCS(=O)(=O)O)c4ccc5ccccc5c4C3(C)C)/CCC2)=[N+](CCCS(=O)(=O)O)c2ccc3ccccc3c21. The first-order valence-electron chi connectivity index (χ1n) is 20.8. The predicted octanol–water partition coefficient (Wildman–Crippen LogP) is 10.7.